The standard InChI is InChI=1S/C21H34FN5O2/c1-21(2,3)29-20(28)25-17-11-12-27(14-17)19(23-4)24-13-18(26(5)6)15-7-9-16(22)10-8-15/h7-10,17-18H,11-14H2,1-6H3,(H,23,24)(H,25,28). The van der Waals surface area contributed by atoms with E-state index in [1.165, 1.54) is 12.1 Å². The van der Waals surface area contributed by atoms with E-state index in [1.54, 1.807) is 19.2 Å². The van der Waals surface area contributed by atoms with Gasteiger partial charge in [-0.25, -0.2) is 9.18 Å². The summed E-state index contributed by atoms with van der Waals surface area (Å²) in [6.07, 6.45) is 0.436. The molecule has 2 N–H and O–H groups in total. The number of aliphatic imine (C=N–C) groups is 1. The van der Waals surface area contributed by atoms with Crippen LogP contribution in [0.4, 0.5) is 9.18 Å². The maximum absolute atomic E-state index is 13.2. The van der Waals surface area contributed by atoms with Crippen LogP contribution in [-0.2, 0) is 4.74 Å². The Kier molecular flexibility index (Phi) is 7.84. The number of likely N-dealkylation sites (N-methyl/N-ethyl adjacent to an activating group) is 1. The van der Waals surface area contributed by atoms with E-state index >= 15 is 0 Å². The zero-order valence-electron chi connectivity index (χ0n) is 18.3. The third kappa shape index (κ3) is 7.20. The monoisotopic (exact) mass is 407 g/mol. The van der Waals surface area contributed by atoms with Gasteiger partial charge in [-0.2, -0.15) is 0 Å². The average Bonchev–Trinajstić information content (AvgIpc) is 3.06. The summed E-state index contributed by atoms with van der Waals surface area (Å²) in [5.74, 6) is 0.545. The van der Waals surface area contributed by atoms with Crippen molar-refractivity contribution in [1.82, 2.24) is 20.4 Å². The highest BCUT2D eigenvalue weighted by Gasteiger charge is 2.28. The molecule has 1 fully saturated rings. The molecule has 1 aliphatic heterocycles. The number of carbonyl (C=O) groups excluding carboxylic acids is 1. The molecular weight excluding hydrogens is 373 g/mol. The molecule has 1 saturated heterocycles. The Morgan fingerprint density at radius 2 is 2.00 bits per heavy atom. The molecule has 0 aliphatic carbocycles. The molecule has 0 saturated carbocycles. The third-order valence-corrected chi connectivity index (χ3v) is 4.75. The first-order valence-corrected chi connectivity index (χ1v) is 9.96. The number of likely N-dealkylation sites (tertiary alicyclic amines) is 1. The van der Waals surface area contributed by atoms with Gasteiger partial charge in [0.1, 0.15) is 11.4 Å². The maximum Gasteiger partial charge on any atom is 0.407 e. The number of rotatable bonds is 5. The van der Waals surface area contributed by atoms with Crippen molar-refractivity contribution in [3.63, 3.8) is 0 Å². The van der Waals surface area contributed by atoms with Gasteiger partial charge in [-0.1, -0.05) is 12.1 Å². The molecule has 2 unspecified atom stereocenters. The van der Waals surface area contributed by atoms with Crippen LogP contribution in [0.15, 0.2) is 29.3 Å². The predicted molar refractivity (Wildman–Crippen MR) is 114 cm³/mol. The summed E-state index contributed by atoms with van der Waals surface area (Å²) in [6, 6.07) is 6.67. The van der Waals surface area contributed by atoms with E-state index in [4.69, 9.17) is 4.74 Å². The van der Waals surface area contributed by atoms with Crippen LogP contribution in [0.5, 0.6) is 0 Å². The number of hydrogen-bond acceptors (Lipinski definition) is 4. The summed E-state index contributed by atoms with van der Waals surface area (Å²) < 4.78 is 18.6. The number of benzene rings is 1. The lowest BCUT2D eigenvalue weighted by Gasteiger charge is -2.28. The van der Waals surface area contributed by atoms with E-state index in [0.717, 1.165) is 24.5 Å². The molecule has 8 heteroatoms. The first-order chi connectivity index (χ1) is 13.6. The fraction of sp³-hybridized carbons (Fsp3) is 0.619. The lowest BCUT2D eigenvalue weighted by Crippen LogP contribution is -2.45. The highest BCUT2D eigenvalue weighted by atomic mass is 19.1. The van der Waals surface area contributed by atoms with Gasteiger partial charge in [0.05, 0.1) is 12.1 Å². The largest absolute Gasteiger partial charge is 0.444 e. The predicted octanol–water partition coefficient (Wildman–Crippen LogP) is 2.60. The molecule has 0 aromatic heterocycles. The smallest absolute Gasteiger partial charge is 0.407 e. The van der Waals surface area contributed by atoms with Gasteiger partial charge in [-0.3, -0.25) is 4.99 Å². The zero-order chi connectivity index (χ0) is 21.6. The second-order valence-corrected chi connectivity index (χ2v) is 8.54. The Balaban J connectivity index is 1.91. The van der Waals surface area contributed by atoms with Crippen molar-refractivity contribution in [2.24, 2.45) is 4.99 Å². The molecule has 2 rings (SSSR count). The summed E-state index contributed by atoms with van der Waals surface area (Å²) in [6.45, 7) is 7.64. The normalized spacial score (nSPS) is 18.7. The van der Waals surface area contributed by atoms with Crippen LogP contribution < -0.4 is 10.6 Å². The van der Waals surface area contributed by atoms with Gasteiger partial charge in [0.25, 0.3) is 0 Å². The Morgan fingerprint density at radius 1 is 1.34 bits per heavy atom. The number of amides is 1. The fourth-order valence-electron chi connectivity index (χ4n) is 3.35. The molecule has 2 atom stereocenters. The minimum absolute atomic E-state index is 0.0187. The summed E-state index contributed by atoms with van der Waals surface area (Å²) >= 11 is 0. The topological polar surface area (TPSA) is 69.2 Å². The lowest BCUT2D eigenvalue weighted by molar-refractivity contribution is 0.0507. The van der Waals surface area contributed by atoms with Gasteiger partial charge in [-0.15, -0.1) is 0 Å². The Labute approximate surface area is 173 Å². The van der Waals surface area contributed by atoms with E-state index in [-0.39, 0.29) is 17.9 Å². The Hall–Kier alpha value is -2.35. The molecule has 1 aliphatic rings. The van der Waals surface area contributed by atoms with E-state index in [2.05, 4.69) is 25.4 Å². The molecule has 0 bridgehead atoms. The van der Waals surface area contributed by atoms with Gasteiger partial charge in [0.2, 0.25) is 0 Å². The molecule has 0 spiro atoms. The summed E-state index contributed by atoms with van der Waals surface area (Å²) in [5, 5.41) is 6.34. The Bertz CT molecular complexity index is 700. The van der Waals surface area contributed by atoms with E-state index in [9.17, 15) is 9.18 Å². The molecule has 162 valence electrons. The quantitative estimate of drug-likeness (QED) is 0.580. The number of nitrogens with one attached hydrogen (secondary N) is 2. The number of ether oxygens (including phenoxy) is 1. The second kappa shape index (κ2) is 9.91. The first-order valence-electron chi connectivity index (χ1n) is 9.96. The molecule has 0 radical (unpaired) electrons. The maximum atomic E-state index is 13.2. The van der Waals surface area contributed by atoms with Gasteiger partial charge in [-0.05, 0) is 59.0 Å². The van der Waals surface area contributed by atoms with Crippen molar-refractivity contribution in [2.75, 3.05) is 40.8 Å². The number of carbonyl (C=O) groups is 1. The van der Waals surface area contributed by atoms with Crippen LogP contribution in [0.2, 0.25) is 0 Å². The van der Waals surface area contributed by atoms with Gasteiger partial charge < -0.3 is 25.2 Å². The van der Waals surface area contributed by atoms with Crippen molar-refractivity contribution < 1.29 is 13.9 Å². The van der Waals surface area contributed by atoms with Crippen molar-refractivity contribution in [3.8, 4) is 0 Å². The number of alkyl carbamates (subject to hydrolysis) is 1. The van der Waals surface area contributed by atoms with Crippen molar-refractivity contribution in [2.45, 2.75) is 44.9 Å². The molecule has 29 heavy (non-hydrogen) atoms. The van der Waals surface area contributed by atoms with Crippen LogP contribution in [0.25, 0.3) is 0 Å². The van der Waals surface area contributed by atoms with Crippen LogP contribution in [0, 0.1) is 5.82 Å². The number of nitrogens with zero attached hydrogens (tertiary/aromatic N) is 3. The fourth-order valence-corrected chi connectivity index (χ4v) is 3.35. The van der Waals surface area contributed by atoms with Gasteiger partial charge in [0.15, 0.2) is 5.96 Å². The zero-order valence-corrected chi connectivity index (χ0v) is 18.3. The highest BCUT2D eigenvalue weighted by Crippen LogP contribution is 2.18. The van der Waals surface area contributed by atoms with Crippen molar-refractivity contribution in [3.05, 3.63) is 35.6 Å². The van der Waals surface area contributed by atoms with E-state index in [0.29, 0.717) is 13.1 Å². The van der Waals surface area contributed by atoms with Gasteiger partial charge in [0, 0.05) is 26.7 Å². The number of hydrogen-bond donors (Lipinski definition) is 2. The third-order valence-electron chi connectivity index (χ3n) is 4.75. The van der Waals surface area contributed by atoms with Crippen LogP contribution >= 0.6 is 0 Å². The van der Waals surface area contributed by atoms with Crippen molar-refractivity contribution in [1.29, 1.82) is 0 Å². The summed E-state index contributed by atoms with van der Waals surface area (Å²) in [5.41, 5.74) is 0.520. The molecule has 1 amide bonds. The summed E-state index contributed by atoms with van der Waals surface area (Å²) in [7, 11) is 5.74. The highest BCUT2D eigenvalue weighted by molar-refractivity contribution is 5.80. The summed E-state index contributed by atoms with van der Waals surface area (Å²) in [4.78, 5) is 20.6. The number of halogens is 1. The van der Waals surface area contributed by atoms with E-state index in [1.807, 2.05) is 34.9 Å². The van der Waals surface area contributed by atoms with E-state index < -0.39 is 11.7 Å². The molecule has 1 aromatic rings. The average molecular weight is 408 g/mol. The molecular formula is C21H34FN5O2. The van der Waals surface area contributed by atoms with Crippen molar-refractivity contribution >= 4 is 12.1 Å². The van der Waals surface area contributed by atoms with Gasteiger partial charge >= 0.3 is 6.09 Å². The number of guanidine groups is 1. The van der Waals surface area contributed by atoms with Crippen LogP contribution in [0.3, 0.4) is 0 Å². The molecule has 7 nitrogen and oxygen atoms in total. The molecule has 1 aromatic carbocycles. The molecule has 1 heterocycles. The minimum Gasteiger partial charge on any atom is -0.444 e. The van der Waals surface area contributed by atoms with Crippen LogP contribution in [0.1, 0.15) is 38.8 Å². The first kappa shape index (κ1) is 22.9. The lowest BCUT2D eigenvalue weighted by atomic mass is 10.1. The second-order valence-electron chi connectivity index (χ2n) is 8.54. The Morgan fingerprint density at radius 3 is 2.55 bits per heavy atom. The SMILES string of the molecule is CN=C(NCC(c1ccc(F)cc1)N(C)C)N1CCC(NC(=O)OC(C)(C)C)C1. The van der Waals surface area contributed by atoms with Crippen LogP contribution in [-0.4, -0.2) is 74.3 Å². The minimum atomic E-state index is -0.512.